The highest BCUT2D eigenvalue weighted by Crippen LogP contribution is 2.25. The molecule has 8 nitrogen and oxygen atoms in total. The summed E-state index contributed by atoms with van der Waals surface area (Å²) in [7, 11) is 0. The molecule has 6 N–H and O–H groups in total. The van der Waals surface area contributed by atoms with Gasteiger partial charge in [0.2, 0.25) is 11.8 Å². The quantitative estimate of drug-likeness (QED) is 0.355. The zero-order chi connectivity index (χ0) is 24.5. The highest BCUT2D eigenvalue weighted by Gasteiger charge is 2.30. The van der Waals surface area contributed by atoms with Crippen molar-refractivity contribution < 1.29 is 19.8 Å². The summed E-state index contributed by atoms with van der Waals surface area (Å²) in [5.74, 6) is 0.986. The van der Waals surface area contributed by atoms with Crippen LogP contribution in [0.2, 0.25) is 0 Å². The van der Waals surface area contributed by atoms with E-state index in [1.54, 1.807) is 0 Å². The Hall–Kier alpha value is -1.22. The van der Waals surface area contributed by atoms with E-state index in [-0.39, 0.29) is 55.6 Å². The van der Waals surface area contributed by atoms with Crippen molar-refractivity contribution >= 4 is 11.8 Å². The van der Waals surface area contributed by atoms with Gasteiger partial charge in [0.25, 0.3) is 0 Å². The third kappa shape index (κ3) is 9.63. The van der Waals surface area contributed by atoms with Crippen molar-refractivity contribution in [1.82, 2.24) is 21.3 Å². The maximum atomic E-state index is 12.0. The molecule has 0 radical (unpaired) electrons. The van der Waals surface area contributed by atoms with E-state index in [1.807, 2.05) is 0 Å². The lowest BCUT2D eigenvalue weighted by Crippen LogP contribution is -2.51. The first-order valence-corrected chi connectivity index (χ1v) is 13.8. The summed E-state index contributed by atoms with van der Waals surface area (Å²) in [6.45, 7) is 6.04. The molecule has 0 aromatic carbocycles. The molecule has 2 aliphatic heterocycles. The zero-order valence-electron chi connectivity index (χ0n) is 21.2. The molecule has 2 saturated carbocycles. The van der Waals surface area contributed by atoms with Gasteiger partial charge in [-0.1, -0.05) is 34.1 Å². The molecule has 4 rings (SSSR count). The number of aliphatic hydroxyl groups excluding tert-OH is 2. The predicted molar refractivity (Wildman–Crippen MR) is 140 cm³/mol. The number of nitrogens with one attached hydrogen (secondary N) is 4. The standard InChI is InChI=1S/2C13H24N2O2.CH4/c2*1-9-5-6-10(8-12(9)16)15-13(17)11-4-2-3-7-14-11;/h2*9-12,14,16H,2-8H2,1H3,(H,15,17);1H4/t9-,10-,11+,12-;9-,10-,11-,12-;/m10./s1. The molecule has 2 saturated heterocycles. The first-order chi connectivity index (χ1) is 16.3. The van der Waals surface area contributed by atoms with Gasteiger partial charge >= 0.3 is 0 Å². The summed E-state index contributed by atoms with van der Waals surface area (Å²) < 4.78 is 0. The molecule has 0 bridgehead atoms. The van der Waals surface area contributed by atoms with Crippen molar-refractivity contribution in [3.63, 3.8) is 0 Å². The largest absolute Gasteiger partial charge is 0.393 e. The van der Waals surface area contributed by atoms with Crippen molar-refractivity contribution in [2.45, 2.75) is 135 Å². The minimum atomic E-state index is -0.256. The Kier molecular flexibility index (Phi) is 13.0. The van der Waals surface area contributed by atoms with Crippen LogP contribution in [0.3, 0.4) is 0 Å². The van der Waals surface area contributed by atoms with Gasteiger partial charge in [0.1, 0.15) is 0 Å². The molecule has 0 spiro atoms. The highest BCUT2D eigenvalue weighted by molar-refractivity contribution is 5.82. The van der Waals surface area contributed by atoms with Crippen LogP contribution in [0.15, 0.2) is 0 Å². The average Bonchev–Trinajstić information content (AvgIpc) is 2.85. The molecule has 2 amide bonds. The Labute approximate surface area is 212 Å². The maximum Gasteiger partial charge on any atom is 0.237 e. The van der Waals surface area contributed by atoms with Crippen LogP contribution in [0.25, 0.3) is 0 Å². The number of piperidine rings is 2. The number of carbonyl (C=O) groups is 2. The lowest BCUT2D eigenvalue weighted by molar-refractivity contribution is -0.125. The molecule has 2 heterocycles. The summed E-state index contributed by atoms with van der Waals surface area (Å²) >= 11 is 0. The molecule has 204 valence electrons. The lowest BCUT2D eigenvalue weighted by Gasteiger charge is -2.33. The van der Waals surface area contributed by atoms with Crippen LogP contribution >= 0.6 is 0 Å². The fourth-order valence-electron chi connectivity index (χ4n) is 5.61. The summed E-state index contributed by atoms with van der Waals surface area (Å²) in [4.78, 5) is 24.0. The first-order valence-electron chi connectivity index (χ1n) is 13.8. The minimum absolute atomic E-state index is 0. The topological polar surface area (TPSA) is 123 Å². The van der Waals surface area contributed by atoms with Crippen LogP contribution in [0.1, 0.15) is 98.3 Å². The smallest absolute Gasteiger partial charge is 0.237 e. The predicted octanol–water partition coefficient (Wildman–Crippen LogP) is 2.22. The van der Waals surface area contributed by atoms with E-state index < -0.39 is 0 Å². The SMILES string of the molecule is C.C[C@@H]1CC[C@@H](NC(=O)[C@@H]2CCCCN2)C[C@H]1O.C[C@H]1CC[C@H](NC(=O)[C@@H]2CCCCN2)C[C@@H]1O. The summed E-state index contributed by atoms with van der Waals surface area (Å²) in [6.07, 6.45) is 11.4. The Morgan fingerprint density at radius 2 is 1.06 bits per heavy atom. The summed E-state index contributed by atoms with van der Waals surface area (Å²) in [5.41, 5.74) is 0. The number of amides is 2. The number of carbonyl (C=O) groups excluding carboxylic acids is 2. The molecule has 4 fully saturated rings. The molecule has 0 aromatic heterocycles. The monoisotopic (exact) mass is 496 g/mol. The van der Waals surface area contributed by atoms with Crippen LogP contribution in [-0.2, 0) is 9.59 Å². The molecular weight excluding hydrogens is 444 g/mol. The number of aliphatic hydroxyl groups is 2. The van der Waals surface area contributed by atoms with Gasteiger partial charge in [0.05, 0.1) is 24.3 Å². The molecule has 8 atom stereocenters. The van der Waals surface area contributed by atoms with Gasteiger partial charge in [-0.2, -0.15) is 0 Å². The molecule has 8 heteroatoms. The normalized spacial score (nSPS) is 37.6. The summed E-state index contributed by atoms with van der Waals surface area (Å²) in [5, 5.41) is 32.3. The van der Waals surface area contributed by atoms with Gasteiger partial charge in [0, 0.05) is 12.1 Å². The molecular formula is C27H52N4O4. The Morgan fingerprint density at radius 3 is 1.37 bits per heavy atom. The van der Waals surface area contributed by atoms with Crippen LogP contribution in [-0.4, -0.2) is 71.5 Å². The van der Waals surface area contributed by atoms with Gasteiger partial charge < -0.3 is 31.5 Å². The van der Waals surface area contributed by atoms with Crippen molar-refractivity contribution in [1.29, 1.82) is 0 Å². The van der Waals surface area contributed by atoms with E-state index in [2.05, 4.69) is 35.1 Å². The second kappa shape index (κ2) is 15.1. The van der Waals surface area contributed by atoms with Crippen LogP contribution in [0.5, 0.6) is 0 Å². The van der Waals surface area contributed by atoms with E-state index in [9.17, 15) is 19.8 Å². The molecule has 35 heavy (non-hydrogen) atoms. The Bertz CT molecular complexity index is 583. The third-order valence-electron chi connectivity index (χ3n) is 8.25. The second-order valence-electron chi connectivity index (χ2n) is 11.1. The van der Waals surface area contributed by atoms with Crippen LogP contribution < -0.4 is 21.3 Å². The Balaban J connectivity index is 0.000000240. The Morgan fingerprint density at radius 1 is 0.657 bits per heavy atom. The zero-order valence-corrected chi connectivity index (χ0v) is 21.2. The van der Waals surface area contributed by atoms with Crippen molar-refractivity contribution in [3.8, 4) is 0 Å². The second-order valence-corrected chi connectivity index (χ2v) is 11.1. The average molecular weight is 497 g/mol. The van der Waals surface area contributed by atoms with E-state index in [1.165, 1.54) is 12.8 Å². The molecule has 0 unspecified atom stereocenters. The summed E-state index contributed by atoms with van der Waals surface area (Å²) in [6, 6.07) is 0.301. The molecule has 2 aliphatic carbocycles. The fraction of sp³-hybridized carbons (Fsp3) is 0.926. The highest BCUT2D eigenvalue weighted by atomic mass is 16.3. The van der Waals surface area contributed by atoms with E-state index in [0.717, 1.165) is 64.5 Å². The van der Waals surface area contributed by atoms with Crippen molar-refractivity contribution in [2.24, 2.45) is 11.8 Å². The van der Waals surface area contributed by atoms with Crippen LogP contribution in [0, 0.1) is 11.8 Å². The van der Waals surface area contributed by atoms with Gasteiger partial charge in [-0.3, -0.25) is 9.59 Å². The third-order valence-corrected chi connectivity index (χ3v) is 8.25. The maximum absolute atomic E-state index is 12.0. The fourth-order valence-corrected chi connectivity index (χ4v) is 5.61. The van der Waals surface area contributed by atoms with Gasteiger partial charge in [-0.05, 0) is 89.1 Å². The van der Waals surface area contributed by atoms with Gasteiger partial charge in [0.15, 0.2) is 0 Å². The number of hydrogen-bond donors (Lipinski definition) is 6. The first kappa shape index (κ1) is 30.0. The molecule has 0 aromatic rings. The van der Waals surface area contributed by atoms with Gasteiger partial charge in [-0.25, -0.2) is 0 Å². The molecule has 4 aliphatic rings. The number of hydrogen-bond acceptors (Lipinski definition) is 6. The van der Waals surface area contributed by atoms with E-state index in [0.29, 0.717) is 24.7 Å². The van der Waals surface area contributed by atoms with Gasteiger partial charge in [-0.15, -0.1) is 0 Å². The van der Waals surface area contributed by atoms with Crippen LogP contribution in [0.4, 0.5) is 0 Å². The van der Waals surface area contributed by atoms with E-state index >= 15 is 0 Å². The van der Waals surface area contributed by atoms with Crippen molar-refractivity contribution in [2.75, 3.05) is 13.1 Å². The minimum Gasteiger partial charge on any atom is -0.393 e. The van der Waals surface area contributed by atoms with E-state index in [4.69, 9.17) is 0 Å². The van der Waals surface area contributed by atoms with Crippen molar-refractivity contribution in [3.05, 3.63) is 0 Å². The number of rotatable bonds is 4. The lowest BCUT2D eigenvalue weighted by atomic mass is 9.84.